The SMILES string of the molecule is CCCC(C)(CN)ON. The zero-order valence-corrected chi connectivity index (χ0v) is 6.18. The van der Waals surface area contributed by atoms with Gasteiger partial charge in [-0.3, -0.25) is 4.84 Å². The fourth-order valence-corrected chi connectivity index (χ4v) is 0.738. The summed E-state index contributed by atoms with van der Waals surface area (Å²) in [5, 5.41) is 0. The molecule has 0 aliphatic rings. The number of nitrogens with two attached hydrogens (primary N) is 2. The molecule has 4 N–H and O–H groups in total. The van der Waals surface area contributed by atoms with Crippen LogP contribution >= 0.6 is 0 Å². The third-order valence-electron chi connectivity index (χ3n) is 1.50. The molecule has 56 valence electrons. The molecule has 3 heteroatoms. The van der Waals surface area contributed by atoms with Crippen LogP contribution in [-0.2, 0) is 4.84 Å². The molecule has 0 aromatic heterocycles. The largest absolute Gasteiger partial charge is 0.328 e. The lowest BCUT2D eigenvalue weighted by Crippen LogP contribution is -2.39. The van der Waals surface area contributed by atoms with Crippen molar-refractivity contribution >= 4 is 0 Å². The Balaban J connectivity index is 3.62. The Morgan fingerprint density at radius 1 is 1.56 bits per heavy atom. The molecule has 1 unspecified atom stereocenters. The Morgan fingerprint density at radius 3 is 2.22 bits per heavy atom. The molecular formula is C6H16N2O. The summed E-state index contributed by atoms with van der Waals surface area (Å²) in [6, 6.07) is 0. The minimum Gasteiger partial charge on any atom is -0.328 e. The maximum Gasteiger partial charge on any atom is 0.0987 e. The van der Waals surface area contributed by atoms with Gasteiger partial charge in [-0.25, -0.2) is 5.90 Å². The maximum atomic E-state index is 5.40. The van der Waals surface area contributed by atoms with E-state index in [-0.39, 0.29) is 5.60 Å². The molecule has 1 atom stereocenters. The molecule has 9 heavy (non-hydrogen) atoms. The monoisotopic (exact) mass is 132 g/mol. The van der Waals surface area contributed by atoms with E-state index in [1.54, 1.807) is 0 Å². The van der Waals surface area contributed by atoms with Gasteiger partial charge in [0.1, 0.15) is 0 Å². The van der Waals surface area contributed by atoms with Crippen LogP contribution in [0, 0.1) is 0 Å². The number of rotatable bonds is 4. The second-order valence-corrected chi connectivity index (χ2v) is 2.52. The topological polar surface area (TPSA) is 61.3 Å². The molecule has 0 rings (SSSR count). The lowest BCUT2D eigenvalue weighted by molar-refractivity contribution is -0.0331. The molecule has 0 saturated heterocycles. The summed E-state index contributed by atoms with van der Waals surface area (Å²) in [7, 11) is 0. The van der Waals surface area contributed by atoms with Gasteiger partial charge in [0.15, 0.2) is 0 Å². The van der Waals surface area contributed by atoms with E-state index < -0.39 is 0 Å². The average molecular weight is 132 g/mol. The minimum atomic E-state index is -0.311. The van der Waals surface area contributed by atoms with Crippen LogP contribution in [0.4, 0.5) is 0 Å². The third-order valence-corrected chi connectivity index (χ3v) is 1.50. The standard InChI is InChI=1S/C6H16N2O/c1-3-4-6(2,5-7)9-8/h3-5,7-8H2,1-2H3. The van der Waals surface area contributed by atoms with Gasteiger partial charge in [0.05, 0.1) is 5.60 Å². The van der Waals surface area contributed by atoms with Crippen molar-refractivity contribution in [3.05, 3.63) is 0 Å². The third kappa shape index (κ3) is 2.79. The highest BCUT2D eigenvalue weighted by Crippen LogP contribution is 2.12. The molecule has 0 spiro atoms. The van der Waals surface area contributed by atoms with Crippen LogP contribution in [0.5, 0.6) is 0 Å². The Labute approximate surface area is 56.3 Å². The first-order chi connectivity index (χ1) is 4.18. The minimum absolute atomic E-state index is 0.311. The number of hydrogen-bond acceptors (Lipinski definition) is 3. The lowest BCUT2D eigenvalue weighted by atomic mass is 10.0. The summed E-state index contributed by atoms with van der Waals surface area (Å²) < 4.78 is 0. The van der Waals surface area contributed by atoms with Gasteiger partial charge in [-0.2, -0.15) is 0 Å². The van der Waals surface area contributed by atoms with Gasteiger partial charge >= 0.3 is 0 Å². The first-order valence-corrected chi connectivity index (χ1v) is 3.26. The highest BCUT2D eigenvalue weighted by Gasteiger charge is 2.20. The molecule has 0 fully saturated rings. The van der Waals surface area contributed by atoms with Gasteiger partial charge in [-0.1, -0.05) is 13.3 Å². The van der Waals surface area contributed by atoms with E-state index in [1.165, 1.54) is 0 Å². The lowest BCUT2D eigenvalue weighted by Gasteiger charge is -2.23. The molecule has 0 aliphatic heterocycles. The summed E-state index contributed by atoms with van der Waals surface area (Å²) in [5.74, 6) is 5.02. The summed E-state index contributed by atoms with van der Waals surface area (Å²) >= 11 is 0. The second-order valence-electron chi connectivity index (χ2n) is 2.52. The quantitative estimate of drug-likeness (QED) is 0.544. The molecule has 0 heterocycles. The first-order valence-electron chi connectivity index (χ1n) is 3.26. The van der Waals surface area contributed by atoms with Crippen molar-refractivity contribution in [3.8, 4) is 0 Å². The van der Waals surface area contributed by atoms with Crippen molar-refractivity contribution in [2.75, 3.05) is 6.54 Å². The molecule has 0 radical (unpaired) electrons. The van der Waals surface area contributed by atoms with Gasteiger partial charge < -0.3 is 5.73 Å². The smallest absolute Gasteiger partial charge is 0.0987 e. The van der Waals surface area contributed by atoms with Crippen molar-refractivity contribution in [2.45, 2.75) is 32.3 Å². The van der Waals surface area contributed by atoms with Crippen molar-refractivity contribution in [1.29, 1.82) is 0 Å². The number of hydrogen-bond donors (Lipinski definition) is 2. The van der Waals surface area contributed by atoms with Crippen molar-refractivity contribution in [2.24, 2.45) is 11.6 Å². The van der Waals surface area contributed by atoms with Gasteiger partial charge in [-0.15, -0.1) is 0 Å². The molecule has 0 aliphatic carbocycles. The van der Waals surface area contributed by atoms with Crippen LogP contribution < -0.4 is 11.6 Å². The molecule has 0 amide bonds. The fourth-order valence-electron chi connectivity index (χ4n) is 0.738. The summed E-state index contributed by atoms with van der Waals surface area (Å²) in [5.41, 5.74) is 5.09. The van der Waals surface area contributed by atoms with E-state index in [9.17, 15) is 0 Å². The molecular weight excluding hydrogens is 116 g/mol. The normalized spacial score (nSPS) is 17.3. The Morgan fingerprint density at radius 2 is 2.11 bits per heavy atom. The van der Waals surface area contributed by atoms with Gasteiger partial charge in [0.25, 0.3) is 0 Å². The van der Waals surface area contributed by atoms with Crippen LogP contribution in [0.3, 0.4) is 0 Å². The summed E-state index contributed by atoms with van der Waals surface area (Å²) in [4.78, 5) is 4.70. The van der Waals surface area contributed by atoms with Crippen LogP contribution in [0.15, 0.2) is 0 Å². The van der Waals surface area contributed by atoms with Gasteiger partial charge in [0.2, 0.25) is 0 Å². The maximum absolute atomic E-state index is 5.40. The molecule has 0 bridgehead atoms. The molecule has 3 nitrogen and oxygen atoms in total. The Kier molecular flexibility index (Phi) is 3.77. The van der Waals surface area contributed by atoms with Crippen LogP contribution in [0.25, 0.3) is 0 Å². The Hall–Kier alpha value is -0.120. The molecule has 0 aromatic carbocycles. The highest BCUT2D eigenvalue weighted by molar-refractivity contribution is 4.73. The van der Waals surface area contributed by atoms with Crippen molar-refractivity contribution in [3.63, 3.8) is 0 Å². The van der Waals surface area contributed by atoms with E-state index in [4.69, 9.17) is 16.5 Å². The van der Waals surface area contributed by atoms with E-state index in [1.807, 2.05) is 6.92 Å². The van der Waals surface area contributed by atoms with Crippen LogP contribution in [0.1, 0.15) is 26.7 Å². The van der Waals surface area contributed by atoms with Crippen molar-refractivity contribution in [1.82, 2.24) is 0 Å². The average Bonchev–Trinajstić information content (AvgIpc) is 1.89. The zero-order valence-electron chi connectivity index (χ0n) is 6.18. The van der Waals surface area contributed by atoms with Crippen LogP contribution in [-0.4, -0.2) is 12.1 Å². The fraction of sp³-hybridized carbons (Fsp3) is 1.00. The highest BCUT2D eigenvalue weighted by atomic mass is 16.6. The van der Waals surface area contributed by atoms with Gasteiger partial charge in [-0.05, 0) is 13.3 Å². The Bertz CT molecular complexity index is 71.5. The predicted octanol–water partition coefficient (Wildman–Crippen LogP) is 0.394. The van der Waals surface area contributed by atoms with E-state index >= 15 is 0 Å². The van der Waals surface area contributed by atoms with E-state index in [0.717, 1.165) is 12.8 Å². The molecule has 0 saturated carbocycles. The van der Waals surface area contributed by atoms with Crippen LogP contribution in [0.2, 0.25) is 0 Å². The second kappa shape index (κ2) is 3.82. The first kappa shape index (κ1) is 8.88. The summed E-state index contributed by atoms with van der Waals surface area (Å²) in [6.07, 6.45) is 1.96. The summed E-state index contributed by atoms with van der Waals surface area (Å²) in [6.45, 7) is 4.47. The molecule has 0 aromatic rings. The zero-order chi connectivity index (χ0) is 7.33. The van der Waals surface area contributed by atoms with Crippen molar-refractivity contribution < 1.29 is 4.84 Å². The predicted molar refractivity (Wildman–Crippen MR) is 37.6 cm³/mol. The van der Waals surface area contributed by atoms with E-state index in [0.29, 0.717) is 6.54 Å². The van der Waals surface area contributed by atoms with Gasteiger partial charge in [0, 0.05) is 6.54 Å². The van der Waals surface area contributed by atoms with E-state index in [2.05, 4.69) is 6.92 Å².